The number of para-hydroxylation sites is 1. The number of nitrogens with one attached hydrogen (secondary N) is 1. The van der Waals surface area contributed by atoms with Crippen LogP contribution in [0.2, 0.25) is 0 Å². The highest BCUT2D eigenvalue weighted by Gasteiger charge is 2.25. The van der Waals surface area contributed by atoms with Crippen LogP contribution in [0, 0.1) is 11.3 Å². The summed E-state index contributed by atoms with van der Waals surface area (Å²) in [7, 11) is 0. The largest absolute Gasteiger partial charge is 0.381 e. The van der Waals surface area contributed by atoms with E-state index in [9.17, 15) is 14.9 Å². The minimum absolute atomic E-state index is 0.0636. The predicted octanol–water partition coefficient (Wildman–Crippen LogP) is 1.12. The Morgan fingerprint density at radius 2 is 2.00 bits per heavy atom. The fourth-order valence-electron chi connectivity index (χ4n) is 2.89. The number of nitriles is 1. The molecule has 1 amide bonds. The number of amides is 1. The lowest BCUT2D eigenvalue weighted by molar-refractivity contribution is -0.128. The molecule has 1 aliphatic heterocycles. The SMILES string of the molecule is CCn1c(=O)/c(=C(/C)CNc2ccccc2)s/c1=C(/C#N)C(=O)N1CCC1. The molecule has 0 spiro atoms. The molecule has 0 saturated carbocycles. The van der Waals surface area contributed by atoms with Crippen LogP contribution >= 0.6 is 11.3 Å². The Bertz CT molecular complexity index is 1060. The van der Waals surface area contributed by atoms with Gasteiger partial charge in [0.1, 0.15) is 10.7 Å². The van der Waals surface area contributed by atoms with Crippen LogP contribution in [0.25, 0.3) is 11.1 Å². The number of benzene rings is 1. The first-order chi connectivity index (χ1) is 13.1. The highest BCUT2D eigenvalue weighted by Crippen LogP contribution is 2.11. The van der Waals surface area contributed by atoms with Crippen LogP contribution in [0.5, 0.6) is 0 Å². The first-order valence-electron chi connectivity index (χ1n) is 8.98. The van der Waals surface area contributed by atoms with Crippen molar-refractivity contribution in [3.05, 3.63) is 49.9 Å². The van der Waals surface area contributed by atoms with E-state index in [0.717, 1.165) is 17.7 Å². The summed E-state index contributed by atoms with van der Waals surface area (Å²) in [5.41, 5.74) is 1.78. The topological polar surface area (TPSA) is 78.1 Å². The quantitative estimate of drug-likeness (QED) is 0.841. The molecule has 1 aromatic heterocycles. The molecule has 0 radical (unpaired) electrons. The van der Waals surface area contributed by atoms with Crippen LogP contribution in [0.4, 0.5) is 5.69 Å². The third kappa shape index (κ3) is 3.81. The molecule has 0 unspecified atom stereocenters. The van der Waals surface area contributed by atoms with Crippen molar-refractivity contribution in [1.82, 2.24) is 9.47 Å². The summed E-state index contributed by atoms with van der Waals surface area (Å²) in [5.74, 6) is -0.279. The Morgan fingerprint density at radius 3 is 2.56 bits per heavy atom. The highest BCUT2D eigenvalue weighted by molar-refractivity contribution is 7.07. The van der Waals surface area contributed by atoms with E-state index in [1.807, 2.05) is 50.2 Å². The summed E-state index contributed by atoms with van der Waals surface area (Å²) in [6, 6.07) is 11.8. The van der Waals surface area contributed by atoms with Crippen molar-refractivity contribution >= 4 is 34.1 Å². The van der Waals surface area contributed by atoms with Gasteiger partial charge in [-0.2, -0.15) is 5.26 Å². The Hall–Kier alpha value is -2.85. The second-order valence-corrected chi connectivity index (χ2v) is 7.42. The van der Waals surface area contributed by atoms with E-state index >= 15 is 0 Å². The molecule has 6 nitrogen and oxygen atoms in total. The molecule has 1 fully saturated rings. The maximum Gasteiger partial charge on any atom is 0.269 e. The summed E-state index contributed by atoms with van der Waals surface area (Å²) in [6.45, 7) is 6.03. The fourth-order valence-corrected chi connectivity index (χ4v) is 4.08. The van der Waals surface area contributed by atoms with Crippen molar-refractivity contribution in [2.75, 3.05) is 25.0 Å². The lowest BCUT2D eigenvalue weighted by Gasteiger charge is -2.30. The molecule has 3 rings (SSSR count). The van der Waals surface area contributed by atoms with Gasteiger partial charge < -0.3 is 10.2 Å². The molecular weight excluding hydrogens is 360 g/mol. The van der Waals surface area contributed by atoms with Gasteiger partial charge in [0, 0.05) is 31.9 Å². The standard InChI is InChI=1S/C20H22N4O2S/c1-3-24-19(26)17(14(2)13-22-15-8-5-4-6-9-15)27-20(24)16(12-21)18(25)23-10-7-11-23/h4-6,8-9,22H,3,7,10-11,13H2,1-2H3/b17-14+,20-16-. The lowest BCUT2D eigenvalue weighted by atomic mass is 10.2. The van der Waals surface area contributed by atoms with Crippen molar-refractivity contribution in [2.24, 2.45) is 0 Å². The van der Waals surface area contributed by atoms with E-state index in [1.165, 1.54) is 15.9 Å². The molecule has 0 bridgehead atoms. The van der Waals surface area contributed by atoms with E-state index < -0.39 is 0 Å². The number of likely N-dealkylation sites (tertiary alicyclic amines) is 1. The van der Waals surface area contributed by atoms with Crippen LogP contribution in [0.1, 0.15) is 20.3 Å². The molecule has 0 aliphatic carbocycles. The molecule has 1 aliphatic rings. The molecule has 0 atom stereocenters. The van der Waals surface area contributed by atoms with Crippen molar-refractivity contribution in [2.45, 2.75) is 26.8 Å². The second kappa shape index (κ2) is 8.23. The molecular formula is C20H22N4O2S. The van der Waals surface area contributed by atoms with Gasteiger partial charge in [0.05, 0.1) is 4.53 Å². The van der Waals surface area contributed by atoms with E-state index in [1.54, 1.807) is 4.90 Å². The number of rotatable bonds is 5. The minimum atomic E-state index is -0.279. The maximum absolute atomic E-state index is 12.8. The van der Waals surface area contributed by atoms with Crippen LogP contribution in [-0.4, -0.2) is 35.0 Å². The normalized spacial score (nSPS) is 15.5. The Kier molecular flexibility index (Phi) is 5.77. The minimum Gasteiger partial charge on any atom is -0.381 e. The van der Waals surface area contributed by atoms with Gasteiger partial charge in [0.15, 0.2) is 5.57 Å². The van der Waals surface area contributed by atoms with Crippen LogP contribution < -0.4 is 20.1 Å². The number of aromatic nitrogens is 1. The molecule has 1 saturated heterocycles. The fraction of sp³-hybridized carbons (Fsp3) is 0.350. The third-order valence-electron chi connectivity index (χ3n) is 4.60. The number of hydrogen-bond acceptors (Lipinski definition) is 5. The predicted molar refractivity (Wildman–Crippen MR) is 108 cm³/mol. The van der Waals surface area contributed by atoms with Gasteiger partial charge in [-0.25, -0.2) is 0 Å². The molecule has 1 aromatic carbocycles. The zero-order chi connectivity index (χ0) is 19.4. The zero-order valence-corrected chi connectivity index (χ0v) is 16.3. The van der Waals surface area contributed by atoms with Crippen molar-refractivity contribution in [3.63, 3.8) is 0 Å². The van der Waals surface area contributed by atoms with Gasteiger partial charge in [-0.05, 0) is 38.0 Å². The Balaban J connectivity index is 2.05. The Labute approximate surface area is 161 Å². The highest BCUT2D eigenvalue weighted by atomic mass is 32.1. The zero-order valence-electron chi connectivity index (χ0n) is 15.5. The summed E-state index contributed by atoms with van der Waals surface area (Å²) in [4.78, 5) is 27.1. The molecule has 1 N–H and O–H groups in total. The monoisotopic (exact) mass is 382 g/mol. The lowest BCUT2D eigenvalue weighted by Crippen LogP contribution is -2.44. The average Bonchev–Trinajstić information content (AvgIpc) is 2.96. The number of carbonyl (C=O) groups is 1. The number of anilines is 1. The number of carbonyl (C=O) groups excluding carboxylic acids is 1. The molecule has 140 valence electrons. The number of nitrogens with zero attached hydrogens (tertiary/aromatic N) is 3. The number of hydrogen-bond donors (Lipinski definition) is 1. The van der Waals surface area contributed by atoms with Crippen LogP contribution in [0.3, 0.4) is 0 Å². The summed E-state index contributed by atoms with van der Waals surface area (Å²) >= 11 is 1.23. The van der Waals surface area contributed by atoms with Crippen molar-refractivity contribution in [3.8, 4) is 6.07 Å². The Morgan fingerprint density at radius 1 is 1.30 bits per heavy atom. The van der Waals surface area contributed by atoms with Gasteiger partial charge in [0.25, 0.3) is 11.5 Å². The first kappa shape index (κ1) is 18.9. The van der Waals surface area contributed by atoms with Gasteiger partial charge >= 0.3 is 0 Å². The van der Waals surface area contributed by atoms with E-state index in [0.29, 0.717) is 35.4 Å². The first-order valence-corrected chi connectivity index (χ1v) is 9.80. The van der Waals surface area contributed by atoms with Crippen molar-refractivity contribution in [1.29, 1.82) is 5.26 Å². The molecule has 7 heteroatoms. The van der Waals surface area contributed by atoms with Gasteiger partial charge in [-0.15, -0.1) is 11.3 Å². The van der Waals surface area contributed by atoms with Crippen LogP contribution in [-0.2, 0) is 11.3 Å². The van der Waals surface area contributed by atoms with E-state index in [2.05, 4.69) is 5.32 Å². The molecule has 2 aromatic rings. The summed E-state index contributed by atoms with van der Waals surface area (Å²) in [6.07, 6.45) is 0.957. The number of thiazole rings is 1. The summed E-state index contributed by atoms with van der Waals surface area (Å²) in [5, 5.41) is 12.9. The molecule has 27 heavy (non-hydrogen) atoms. The molecule has 2 heterocycles. The third-order valence-corrected chi connectivity index (χ3v) is 5.95. The van der Waals surface area contributed by atoms with Gasteiger partial charge in [0.2, 0.25) is 0 Å². The van der Waals surface area contributed by atoms with Gasteiger partial charge in [-0.1, -0.05) is 18.2 Å². The second-order valence-electron chi connectivity index (χ2n) is 6.42. The smallest absolute Gasteiger partial charge is 0.269 e. The maximum atomic E-state index is 12.8. The van der Waals surface area contributed by atoms with Gasteiger partial charge in [-0.3, -0.25) is 14.2 Å². The van der Waals surface area contributed by atoms with E-state index in [-0.39, 0.29) is 17.0 Å². The summed E-state index contributed by atoms with van der Waals surface area (Å²) < 4.78 is 2.57. The van der Waals surface area contributed by atoms with Crippen LogP contribution in [0.15, 0.2) is 35.1 Å². The average molecular weight is 382 g/mol. The van der Waals surface area contributed by atoms with E-state index in [4.69, 9.17) is 0 Å². The van der Waals surface area contributed by atoms with Crippen molar-refractivity contribution < 1.29 is 4.79 Å².